The Hall–Kier alpha value is -2.78. The van der Waals surface area contributed by atoms with Gasteiger partial charge in [0.05, 0.1) is 12.2 Å². The molecule has 34 heavy (non-hydrogen) atoms. The molecule has 2 atom stereocenters. The lowest BCUT2D eigenvalue weighted by atomic mass is 9.92. The lowest BCUT2D eigenvalue weighted by molar-refractivity contribution is -0.137. The summed E-state index contributed by atoms with van der Waals surface area (Å²) in [4.78, 5) is 16.1. The van der Waals surface area contributed by atoms with Crippen molar-refractivity contribution in [3.8, 4) is 0 Å². The van der Waals surface area contributed by atoms with Gasteiger partial charge in [0.2, 0.25) is 0 Å². The SMILES string of the molecule is COC[C@@H]1N(c2ccc(Cl)cc2)C(=O)N(c2ccc(Cl)cc2)C1(O)c1cccc(C(F)(F)F)c1. The lowest BCUT2D eigenvalue weighted by Crippen LogP contribution is -2.51. The fourth-order valence-electron chi connectivity index (χ4n) is 4.10. The van der Waals surface area contributed by atoms with E-state index in [1.54, 1.807) is 24.3 Å². The highest BCUT2D eigenvalue weighted by Crippen LogP contribution is 2.46. The minimum atomic E-state index is -4.65. The van der Waals surface area contributed by atoms with E-state index in [1.165, 1.54) is 48.4 Å². The highest BCUT2D eigenvalue weighted by atomic mass is 35.5. The van der Waals surface area contributed by atoms with Gasteiger partial charge in [-0.25, -0.2) is 4.79 Å². The van der Waals surface area contributed by atoms with Crippen molar-refractivity contribution < 1.29 is 27.8 Å². The standard InChI is InChI=1S/C24H19Cl2F3N2O3/c1-34-14-21-23(33,15-3-2-4-16(13-15)24(27,28)29)31(20-11-7-18(26)8-12-20)22(32)30(21)19-9-5-17(25)6-10-19/h2-13,21,33H,14H2,1H3/t21-,23?/m0/s1. The summed E-state index contributed by atoms with van der Waals surface area (Å²) in [6, 6.07) is 14.9. The van der Waals surface area contributed by atoms with E-state index in [9.17, 15) is 23.1 Å². The molecule has 0 bridgehead atoms. The Morgan fingerprint density at radius 1 is 0.971 bits per heavy atom. The molecule has 4 rings (SSSR count). The number of halogens is 5. The second kappa shape index (κ2) is 9.11. The molecule has 1 aliphatic heterocycles. The molecule has 3 aromatic carbocycles. The second-order valence-corrected chi connectivity index (χ2v) is 8.59. The van der Waals surface area contributed by atoms with Crippen LogP contribution in [0.1, 0.15) is 11.1 Å². The van der Waals surface area contributed by atoms with E-state index >= 15 is 0 Å². The maximum Gasteiger partial charge on any atom is 0.416 e. The predicted octanol–water partition coefficient (Wildman–Crippen LogP) is 6.32. The summed E-state index contributed by atoms with van der Waals surface area (Å²) >= 11 is 12.0. The molecule has 1 N–H and O–H groups in total. The van der Waals surface area contributed by atoms with Crippen molar-refractivity contribution in [1.82, 2.24) is 0 Å². The molecule has 1 heterocycles. The summed E-state index contributed by atoms with van der Waals surface area (Å²) in [5.41, 5.74) is -2.67. The third-order valence-corrected chi connectivity index (χ3v) is 6.15. The maximum atomic E-state index is 13.8. The van der Waals surface area contributed by atoms with Gasteiger partial charge in [-0.2, -0.15) is 13.2 Å². The van der Waals surface area contributed by atoms with Crippen molar-refractivity contribution >= 4 is 40.6 Å². The van der Waals surface area contributed by atoms with Gasteiger partial charge >= 0.3 is 12.2 Å². The van der Waals surface area contributed by atoms with Gasteiger partial charge in [-0.1, -0.05) is 35.3 Å². The van der Waals surface area contributed by atoms with E-state index < -0.39 is 29.5 Å². The molecule has 1 fully saturated rings. The van der Waals surface area contributed by atoms with Crippen molar-refractivity contribution in [2.24, 2.45) is 0 Å². The number of ether oxygens (including phenoxy) is 1. The van der Waals surface area contributed by atoms with Crippen LogP contribution in [0.4, 0.5) is 29.3 Å². The molecule has 1 unspecified atom stereocenters. The first-order valence-corrected chi connectivity index (χ1v) is 10.9. The molecular formula is C24H19Cl2F3N2O3. The third-order valence-electron chi connectivity index (χ3n) is 5.64. The Kier molecular flexibility index (Phi) is 6.52. The summed E-state index contributed by atoms with van der Waals surface area (Å²) in [6.07, 6.45) is -4.65. The van der Waals surface area contributed by atoms with Crippen LogP contribution in [-0.4, -0.2) is 30.9 Å². The van der Waals surface area contributed by atoms with E-state index in [4.69, 9.17) is 27.9 Å². The smallest absolute Gasteiger partial charge is 0.382 e. The van der Waals surface area contributed by atoms with Gasteiger partial charge in [-0.15, -0.1) is 0 Å². The fraction of sp³-hybridized carbons (Fsp3) is 0.208. The number of alkyl halides is 3. The molecule has 1 saturated heterocycles. The highest BCUT2D eigenvalue weighted by Gasteiger charge is 2.59. The minimum absolute atomic E-state index is 0.121. The Balaban J connectivity index is 1.96. The number of hydrogen-bond donors (Lipinski definition) is 1. The summed E-state index contributed by atoms with van der Waals surface area (Å²) < 4.78 is 45.9. The first-order chi connectivity index (χ1) is 16.1. The zero-order valence-electron chi connectivity index (χ0n) is 17.8. The molecule has 0 spiro atoms. The normalized spacial score (nSPS) is 20.8. The second-order valence-electron chi connectivity index (χ2n) is 7.72. The Morgan fingerprint density at radius 3 is 2.06 bits per heavy atom. The number of benzene rings is 3. The molecule has 0 radical (unpaired) electrons. The Bertz CT molecular complexity index is 1190. The van der Waals surface area contributed by atoms with Gasteiger partial charge in [0, 0.05) is 34.1 Å². The van der Waals surface area contributed by atoms with E-state index in [0.717, 1.165) is 17.0 Å². The highest BCUT2D eigenvalue weighted by molar-refractivity contribution is 6.31. The number of carbonyl (C=O) groups excluding carboxylic acids is 1. The zero-order chi connectivity index (χ0) is 24.7. The lowest BCUT2D eigenvalue weighted by Gasteiger charge is -2.37. The Labute approximate surface area is 203 Å². The van der Waals surface area contributed by atoms with E-state index in [-0.39, 0.29) is 17.9 Å². The first-order valence-electron chi connectivity index (χ1n) is 10.1. The van der Waals surface area contributed by atoms with Crippen LogP contribution < -0.4 is 9.80 Å². The summed E-state index contributed by atoms with van der Waals surface area (Å²) in [7, 11) is 1.38. The molecule has 0 saturated carbocycles. The van der Waals surface area contributed by atoms with Crippen LogP contribution in [0.15, 0.2) is 72.8 Å². The van der Waals surface area contributed by atoms with Gasteiger partial charge in [0.25, 0.3) is 0 Å². The van der Waals surface area contributed by atoms with Crippen molar-refractivity contribution in [1.29, 1.82) is 0 Å². The number of carbonyl (C=O) groups is 1. The maximum absolute atomic E-state index is 13.8. The minimum Gasteiger partial charge on any atom is -0.382 e. The Morgan fingerprint density at radius 2 is 1.53 bits per heavy atom. The summed E-state index contributed by atoms with van der Waals surface area (Å²) in [6.45, 7) is -0.175. The van der Waals surface area contributed by atoms with Crippen LogP contribution in [0.3, 0.4) is 0 Å². The van der Waals surface area contributed by atoms with E-state index in [1.807, 2.05) is 0 Å². The van der Waals surface area contributed by atoms with Crippen molar-refractivity contribution in [3.05, 3.63) is 94.0 Å². The zero-order valence-corrected chi connectivity index (χ0v) is 19.3. The van der Waals surface area contributed by atoms with Gasteiger partial charge in [0.15, 0.2) is 5.72 Å². The monoisotopic (exact) mass is 510 g/mol. The van der Waals surface area contributed by atoms with E-state index in [2.05, 4.69) is 0 Å². The first kappa shape index (κ1) is 24.3. The van der Waals surface area contributed by atoms with Crippen LogP contribution in [0.25, 0.3) is 0 Å². The quantitative estimate of drug-likeness (QED) is 0.437. The molecule has 3 aromatic rings. The average molecular weight is 511 g/mol. The van der Waals surface area contributed by atoms with Crippen molar-refractivity contribution in [2.45, 2.75) is 17.9 Å². The molecule has 1 aliphatic rings. The molecule has 2 amide bonds. The predicted molar refractivity (Wildman–Crippen MR) is 124 cm³/mol. The van der Waals surface area contributed by atoms with Gasteiger partial charge in [-0.3, -0.25) is 9.80 Å². The van der Waals surface area contributed by atoms with E-state index in [0.29, 0.717) is 15.7 Å². The molecule has 5 nitrogen and oxygen atoms in total. The van der Waals surface area contributed by atoms with Crippen molar-refractivity contribution in [3.63, 3.8) is 0 Å². The van der Waals surface area contributed by atoms with Crippen LogP contribution in [-0.2, 0) is 16.6 Å². The summed E-state index contributed by atoms with van der Waals surface area (Å²) in [5, 5.41) is 13.0. The number of nitrogens with zero attached hydrogens (tertiary/aromatic N) is 2. The largest absolute Gasteiger partial charge is 0.416 e. The third kappa shape index (κ3) is 4.22. The average Bonchev–Trinajstić information content (AvgIpc) is 3.02. The number of anilines is 2. The number of hydrogen-bond acceptors (Lipinski definition) is 3. The van der Waals surface area contributed by atoms with Crippen LogP contribution in [0, 0.1) is 0 Å². The van der Waals surface area contributed by atoms with Crippen LogP contribution in [0.2, 0.25) is 10.0 Å². The number of urea groups is 1. The molecule has 0 aliphatic carbocycles. The number of aliphatic hydroxyl groups is 1. The van der Waals surface area contributed by atoms with Crippen molar-refractivity contribution in [2.75, 3.05) is 23.5 Å². The fourth-order valence-corrected chi connectivity index (χ4v) is 4.35. The van der Waals surface area contributed by atoms with Gasteiger partial charge < -0.3 is 9.84 Å². The van der Waals surface area contributed by atoms with Crippen LogP contribution >= 0.6 is 23.2 Å². The summed E-state index contributed by atoms with van der Waals surface area (Å²) in [5.74, 6) is 0. The number of rotatable bonds is 5. The molecule has 10 heteroatoms. The van der Waals surface area contributed by atoms with Crippen LogP contribution in [0.5, 0.6) is 0 Å². The number of amides is 2. The molecular weight excluding hydrogens is 492 g/mol. The number of methoxy groups -OCH3 is 1. The molecule has 178 valence electrons. The van der Waals surface area contributed by atoms with Gasteiger partial charge in [-0.05, 0) is 60.7 Å². The van der Waals surface area contributed by atoms with Gasteiger partial charge in [0.1, 0.15) is 6.04 Å². The molecule has 0 aromatic heterocycles. The topological polar surface area (TPSA) is 53.0 Å².